The molecule has 2 aromatic rings. The number of hydrogen-bond donors (Lipinski definition) is 0. The van der Waals surface area contributed by atoms with Crippen LogP contribution in [-0.2, 0) is 4.79 Å². The highest BCUT2D eigenvalue weighted by molar-refractivity contribution is 7.99. The third-order valence-corrected chi connectivity index (χ3v) is 5.23. The molecule has 0 amide bonds. The minimum absolute atomic E-state index is 0.252. The molecule has 1 aromatic heterocycles. The first kappa shape index (κ1) is 16.1. The van der Waals surface area contributed by atoms with Crippen LogP contribution in [0.3, 0.4) is 0 Å². The van der Waals surface area contributed by atoms with Gasteiger partial charge in [0.25, 0.3) is 0 Å². The summed E-state index contributed by atoms with van der Waals surface area (Å²) >= 11 is 1.68. The smallest absolute Gasteiger partial charge is 0.192 e. The number of methoxy groups -OCH3 is 1. The maximum Gasteiger partial charge on any atom is 0.192 e. The largest absolute Gasteiger partial charge is 0.497 e. The topological polar surface area (TPSA) is 57.0 Å². The van der Waals surface area contributed by atoms with Crippen molar-refractivity contribution in [2.75, 3.05) is 7.11 Å². The van der Waals surface area contributed by atoms with E-state index in [1.165, 1.54) is 0 Å². The van der Waals surface area contributed by atoms with Crippen molar-refractivity contribution >= 4 is 17.5 Å². The summed E-state index contributed by atoms with van der Waals surface area (Å²) in [6.07, 6.45) is 2.28. The van der Waals surface area contributed by atoms with Gasteiger partial charge in [-0.3, -0.25) is 9.36 Å². The van der Waals surface area contributed by atoms with E-state index < -0.39 is 0 Å². The van der Waals surface area contributed by atoms with Crippen LogP contribution in [0, 0.1) is 0 Å². The molecule has 1 heterocycles. The van der Waals surface area contributed by atoms with Gasteiger partial charge >= 0.3 is 0 Å². The van der Waals surface area contributed by atoms with Crippen LogP contribution in [0.15, 0.2) is 29.4 Å². The van der Waals surface area contributed by atoms with Crippen LogP contribution in [0.4, 0.5) is 0 Å². The number of Topliss-reactive ketones (excluding diaryl/α,β-unsaturated/α-hetero) is 1. The lowest BCUT2D eigenvalue weighted by Crippen LogP contribution is -2.07. The summed E-state index contributed by atoms with van der Waals surface area (Å²) in [7, 11) is 1.66. The molecule has 0 spiro atoms. The number of carbonyl (C=O) groups excluding carboxylic acids is 1. The Morgan fingerprint density at radius 3 is 2.57 bits per heavy atom. The van der Waals surface area contributed by atoms with Gasteiger partial charge < -0.3 is 4.74 Å². The van der Waals surface area contributed by atoms with Gasteiger partial charge in [0.1, 0.15) is 11.5 Å². The fourth-order valence-corrected chi connectivity index (χ4v) is 4.09. The first-order chi connectivity index (χ1) is 11.1. The van der Waals surface area contributed by atoms with Gasteiger partial charge in [-0.15, -0.1) is 10.2 Å². The van der Waals surface area contributed by atoms with Gasteiger partial charge in [0.15, 0.2) is 11.0 Å². The zero-order valence-corrected chi connectivity index (χ0v) is 14.5. The summed E-state index contributed by atoms with van der Waals surface area (Å²) in [5.41, 5.74) is 1.02. The molecule has 1 aromatic carbocycles. The molecule has 1 unspecified atom stereocenters. The molecule has 1 aliphatic rings. The van der Waals surface area contributed by atoms with Crippen molar-refractivity contribution in [2.24, 2.45) is 0 Å². The lowest BCUT2D eigenvalue weighted by Gasteiger charge is -2.15. The van der Waals surface area contributed by atoms with Crippen molar-refractivity contribution in [3.8, 4) is 17.1 Å². The Balaban J connectivity index is 1.89. The molecule has 1 saturated carbocycles. The van der Waals surface area contributed by atoms with Crippen molar-refractivity contribution in [2.45, 2.75) is 49.6 Å². The fraction of sp³-hybridized carbons (Fsp3) is 0.471. The van der Waals surface area contributed by atoms with Gasteiger partial charge in [-0.05, 0) is 44.5 Å². The average molecular weight is 331 g/mol. The zero-order valence-electron chi connectivity index (χ0n) is 13.7. The van der Waals surface area contributed by atoms with Crippen LogP contribution < -0.4 is 4.74 Å². The predicted molar refractivity (Wildman–Crippen MR) is 90.9 cm³/mol. The molecule has 1 aliphatic carbocycles. The van der Waals surface area contributed by atoms with Crippen molar-refractivity contribution in [3.63, 3.8) is 0 Å². The van der Waals surface area contributed by atoms with Crippen molar-refractivity contribution in [1.82, 2.24) is 14.8 Å². The molecule has 0 bridgehead atoms. The second-order valence-electron chi connectivity index (χ2n) is 6.02. The Bertz CT molecular complexity index is 694. The molecule has 0 aliphatic heterocycles. The Morgan fingerprint density at radius 1 is 1.26 bits per heavy atom. The lowest BCUT2D eigenvalue weighted by molar-refractivity contribution is -0.117. The highest BCUT2D eigenvalue weighted by atomic mass is 32.2. The van der Waals surface area contributed by atoms with E-state index in [0.717, 1.165) is 28.7 Å². The van der Waals surface area contributed by atoms with E-state index >= 15 is 0 Å². The van der Waals surface area contributed by atoms with Crippen LogP contribution in [0.2, 0.25) is 0 Å². The number of carbonyl (C=O) groups is 1. The summed E-state index contributed by atoms with van der Waals surface area (Å²) in [5, 5.41) is 9.99. The van der Waals surface area contributed by atoms with Crippen LogP contribution in [-0.4, -0.2) is 32.9 Å². The molecule has 122 valence electrons. The van der Waals surface area contributed by atoms with Gasteiger partial charge in [-0.1, -0.05) is 11.8 Å². The van der Waals surface area contributed by atoms with Crippen molar-refractivity contribution in [1.29, 1.82) is 0 Å². The predicted octanol–water partition coefficient (Wildman–Crippen LogP) is 3.75. The number of ketones is 1. The number of hydrogen-bond acceptors (Lipinski definition) is 5. The summed E-state index contributed by atoms with van der Waals surface area (Å²) in [6.45, 7) is 4.25. The van der Waals surface area contributed by atoms with Gasteiger partial charge in [-0.2, -0.15) is 0 Å². The number of thioether (sulfide) groups is 1. The molecule has 1 fully saturated rings. The minimum Gasteiger partial charge on any atom is -0.497 e. The first-order valence-electron chi connectivity index (χ1n) is 7.86. The number of nitrogens with zero attached hydrogens (tertiary/aromatic N) is 3. The second kappa shape index (κ2) is 6.74. The molecule has 23 heavy (non-hydrogen) atoms. The summed E-state index contributed by atoms with van der Waals surface area (Å²) in [4.78, 5) is 11.5. The van der Waals surface area contributed by atoms with Crippen molar-refractivity contribution in [3.05, 3.63) is 24.3 Å². The van der Waals surface area contributed by atoms with Crippen LogP contribution in [0.1, 0.15) is 39.2 Å². The molecular formula is C17H21N3O2S. The van der Waals surface area contributed by atoms with E-state index in [2.05, 4.69) is 28.6 Å². The zero-order chi connectivity index (χ0) is 16.4. The average Bonchev–Trinajstić information content (AvgIpc) is 3.14. The Morgan fingerprint density at radius 2 is 2.00 bits per heavy atom. The standard InChI is InChI=1S/C17H21N3O2S/c1-11(2)20-16(12-4-7-14(22-3)8-5-12)18-19-17(20)23-15-9-6-13(21)10-15/h4-5,7-8,11,15H,6,9-10H2,1-3H3. The molecule has 5 nitrogen and oxygen atoms in total. The van der Waals surface area contributed by atoms with E-state index in [1.807, 2.05) is 24.3 Å². The molecular weight excluding hydrogens is 310 g/mol. The van der Waals surface area contributed by atoms with Gasteiger partial charge in [0.2, 0.25) is 0 Å². The Labute approximate surface area is 140 Å². The lowest BCUT2D eigenvalue weighted by atomic mass is 10.2. The van der Waals surface area contributed by atoms with E-state index in [-0.39, 0.29) is 6.04 Å². The van der Waals surface area contributed by atoms with Crippen LogP contribution in [0.5, 0.6) is 5.75 Å². The summed E-state index contributed by atoms with van der Waals surface area (Å²) < 4.78 is 7.36. The maximum atomic E-state index is 11.5. The maximum absolute atomic E-state index is 11.5. The number of benzene rings is 1. The monoisotopic (exact) mass is 331 g/mol. The fourth-order valence-electron chi connectivity index (χ4n) is 2.79. The van der Waals surface area contributed by atoms with E-state index in [0.29, 0.717) is 23.9 Å². The Kier molecular flexibility index (Phi) is 4.71. The highest BCUT2D eigenvalue weighted by Crippen LogP contribution is 2.35. The summed E-state index contributed by atoms with van der Waals surface area (Å²) in [6, 6.07) is 8.10. The van der Waals surface area contributed by atoms with Gasteiger partial charge in [0.05, 0.1) is 7.11 Å². The highest BCUT2D eigenvalue weighted by Gasteiger charge is 2.26. The normalized spacial score (nSPS) is 17.9. The van der Waals surface area contributed by atoms with Crippen LogP contribution >= 0.6 is 11.8 Å². The summed E-state index contributed by atoms with van der Waals surface area (Å²) in [5.74, 6) is 2.03. The van der Waals surface area contributed by atoms with Crippen molar-refractivity contribution < 1.29 is 9.53 Å². The number of ether oxygens (including phenoxy) is 1. The van der Waals surface area contributed by atoms with E-state index in [9.17, 15) is 4.79 Å². The third kappa shape index (κ3) is 3.42. The minimum atomic E-state index is 0.252. The molecule has 0 saturated heterocycles. The molecule has 3 rings (SSSR count). The van der Waals surface area contributed by atoms with Crippen LogP contribution in [0.25, 0.3) is 11.4 Å². The quantitative estimate of drug-likeness (QED) is 0.835. The molecule has 0 radical (unpaired) electrons. The number of aromatic nitrogens is 3. The second-order valence-corrected chi connectivity index (χ2v) is 7.29. The van der Waals surface area contributed by atoms with Gasteiger partial charge in [-0.25, -0.2) is 0 Å². The number of rotatable bonds is 5. The Hall–Kier alpha value is -1.82. The van der Waals surface area contributed by atoms with Gasteiger partial charge in [0, 0.05) is 29.7 Å². The first-order valence-corrected chi connectivity index (χ1v) is 8.74. The van der Waals surface area contributed by atoms with E-state index in [1.54, 1.807) is 18.9 Å². The molecule has 1 atom stereocenters. The van der Waals surface area contributed by atoms with E-state index in [4.69, 9.17) is 4.74 Å². The third-order valence-electron chi connectivity index (χ3n) is 4.00. The molecule has 6 heteroatoms. The SMILES string of the molecule is COc1ccc(-c2nnc(SC3CCC(=O)C3)n2C(C)C)cc1. The molecule has 0 N–H and O–H groups in total.